The third-order valence-electron chi connectivity index (χ3n) is 5.80. The number of carbonyl (C=O) groups excluding carboxylic acids is 1. The van der Waals surface area contributed by atoms with Crippen LogP contribution in [-0.4, -0.2) is 26.9 Å². The Hall–Kier alpha value is -3.22. The van der Waals surface area contributed by atoms with Crippen molar-refractivity contribution in [2.45, 2.75) is 38.6 Å². The lowest BCUT2D eigenvalue weighted by atomic mass is 9.92. The molecule has 154 valence electrons. The van der Waals surface area contributed by atoms with Gasteiger partial charge in [-0.05, 0) is 50.8 Å². The van der Waals surface area contributed by atoms with Gasteiger partial charge in [0.05, 0.1) is 11.9 Å². The van der Waals surface area contributed by atoms with Gasteiger partial charge in [0.1, 0.15) is 23.0 Å². The second-order valence-electron chi connectivity index (χ2n) is 8.13. The van der Waals surface area contributed by atoms with E-state index >= 15 is 4.39 Å². The van der Waals surface area contributed by atoms with Crippen LogP contribution in [0.1, 0.15) is 31.7 Å². The first-order valence-corrected chi connectivity index (χ1v) is 10.3. The number of benzene rings is 2. The van der Waals surface area contributed by atoms with E-state index in [9.17, 15) is 4.79 Å². The van der Waals surface area contributed by atoms with Crippen molar-refractivity contribution in [2.24, 2.45) is 13.0 Å². The SMILES string of the molecule is C[C@H]1CCc2c(Oc3ccccc3)c(-c3cn(C)nn3)cc(F)c2N1C(=O)C1CC1. The van der Waals surface area contributed by atoms with E-state index in [2.05, 4.69) is 10.3 Å². The van der Waals surface area contributed by atoms with Crippen LogP contribution in [0.25, 0.3) is 11.3 Å². The largest absolute Gasteiger partial charge is 0.456 e. The fraction of sp³-hybridized carbons (Fsp3) is 0.348. The molecule has 7 heteroatoms. The molecular formula is C23H23FN4O2. The summed E-state index contributed by atoms with van der Waals surface area (Å²) >= 11 is 0. The van der Waals surface area contributed by atoms with E-state index in [-0.39, 0.29) is 17.9 Å². The van der Waals surface area contributed by atoms with Gasteiger partial charge < -0.3 is 9.64 Å². The number of aromatic nitrogens is 3. The van der Waals surface area contributed by atoms with Crippen LogP contribution in [-0.2, 0) is 18.3 Å². The Bertz CT molecular complexity index is 1110. The molecule has 1 aromatic heterocycles. The van der Waals surface area contributed by atoms with Gasteiger partial charge in [0.15, 0.2) is 0 Å². The van der Waals surface area contributed by atoms with Crippen molar-refractivity contribution >= 4 is 11.6 Å². The molecule has 0 radical (unpaired) electrons. The second kappa shape index (κ2) is 7.23. The summed E-state index contributed by atoms with van der Waals surface area (Å²) < 4.78 is 23.4. The van der Waals surface area contributed by atoms with Crippen LogP contribution in [0, 0.1) is 11.7 Å². The molecule has 2 aliphatic rings. The Balaban J connectivity index is 1.70. The van der Waals surface area contributed by atoms with Crippen molar-refractivity contribution in [3.05, 3.63) is 54.0 Å². The van der Waals surface area contributed by atoms with Crippen LogP contribution in [0.15, 0.2) is 42.6 Å². The highest BCUT2D eigenvalue weighted by Crippen LogP contribution is 2.47. The Morgan fingerprint density at radius 1 is 1.20 bits per heavy atom. The standard InChI is InChI=1S/C23H23FN4O2/c1-14-8-11-17-21(28(14)23(29)15-9-10-15)19(24)12-18(20-13-27(2)26-25-20)22(17)30-16-6-4-3-5-7-16/h3-7,12-15H,8-11H2,1-2H3/t14-/m0/s1. The summed E-state index contributed by atoms with van der Waals surface area (Å²) in [7, 11) is 1.76. The van der Waals surface area contributed by atoms with E-state index in [4.69, 9.17) is 4.74 Å². The molecule has 0 spiro atoms. The first-order valence-electron chi connectivity index (χ1n) is 10.3. The van der Waals surface area contributed by atoms with E-state index < -0.39 is 5.82 Å². The molecule has 1 aliphatic heterocycles. The predicted molar refractivity (Wildman–Crippen MR) is 111 cm³/mol. The van der Waals surface area contributed by atoms with Crippen molar-refractivity contribution in [2.75, 3.05) is 4.90 Å². The van der Waals surface area contributed by atoms with Gasteiger partial charge in [-0.25, -0.2) is 4.39 Å². The molecule has 2 heterocycles. The first-order chi connectivity index (χ1) is 14.5. The number of hydrogen-bond acceptors (Lipinski definition) is 4. The maximum absolute atomic E-state index is 15.5. The molecule has 3 aromatic rings. The number of carbonyl (C=O) groups is 1. The maximum Gasteiger partial charge on any atom is 0.230 e. The Morgan fingerprint density at radius 2 is 1.97 bits per heavy atom. The van der Waals surface area contributed by atoms with Gasteiger partial charge in [0.2, 0.25) is 5.91 Å². The molecule has 0 unspecified atom stereocenters. The highest BCUT2D eigenvalue weighted by atomic mass is 19.1. The fourth-order valence-electron chi connectivity index (χ4n) is 4.11. The van der Waals surface area contributed by atoms with Crippen molar-refractivity contribution in [1.29, 1.82) is 0 Å². The van der Waals surface area contributed by atoms with Crippen LogP contribution in [0.5, 0.6) is 11.5 Å². The average Bonchev–Trinajstić information content (AvgIpc) is 3.51. The summed E-state index contributed by atoms with van der Waals surface area (Å²) in [5.41, 5.74) is 2.14. The minimum absolute atomic E-state index is 0.0101. The summed E-state index contributed by atoms with van der Waals surface area (Å²) in [6.45, 7) is 1.98. The molecule has 1 fully saturated rings. The number of anilines is 1. The van der Waals surface area contributed by atoms with E-state index in [0.717, 1.165) is 19.3 Å². The smallest absolute Gasteiger partial charge is 0.230 e. The Labute approximate surface area is 174 Å². The highest BCUT2D eigenvalue weighted by Gasteiger charge is 2.41. The van der Waals surface area contributed by atoms with Crippen molar-refractivity contribution in [3.8, 4) is 22.8 Å². The minimum atomic E-state index is -0.424. The number of halogens is 1. The van der Waals surface area contributed by atoms with Gasteiger partial charge in [0, 0.05) is 30.1 Å². The zero-order valence-electron chi connectivity index (χ0n) is 17.0. The summed E-state index contributed by atoms with van der Waals surface area (Å²) in [5, 5.41) is 8.17. The van der Waals surface area contributed by atoms with Crippen LogP contribution in [0.4, 0.5) is 10.1 Å². The van der Waals surface area contributed by atoms with Crippen LogP contribution >= 0.6 is 0 Å². The quantitative estimate of drug-likeness (QED) is 0.641. The summed E-state index contributed by atoms with van der Waals surface area (Å²) in [5.74, 6) is 0.788. The maximum atomic E-state index is 15.5. The molecule has 1 amide bonds. The molecular weight excluding hydrogens is 383 g/mol. The number of rotatable bonds is 4. The number of nitrogens with zero attached hydrogens (tertiary/aromatic N) is 4. The van der Waals surface area contributed by atoms with Gasteiger partial charge in [0.25, 0.3) is 0 Å². The normalized spacial score (nSPS) is 18.2. The lowest BCUT2D eigenvalue weighted by molar-refractivity contribution is -0.120. The van der Waals surface area contributed by atoms with Crippen LogP contribution in [0.3, 0.4) is 0 Å². The van der Waals surface area contributed by atoms with E-state index in [1.807, 2.05) is 37.3 Å². The monoisotopic (exact) mass is 406 g/mol. The van der Waals surface area contributed by atoms with Crippen molar-refractivity contribution in [3.63, 3.8) is 0 Å². The molecule has 6 nitrogen and oxygen atoms in total. The van der Waals surface area contributed by atoms with Gasteiger partial charge in [-0.3, -0.25) is 9.48 Å². The van der Waals surface area contributed by atoms with E-state index in [0.29, 0.717) is 40.4 Å². The number of amides is 1. The molecule has 2 aromatic carbocycles. The Morgan fingerprint density at radius 3 is 2.63 bits per heavy atom. The van der Waals surface area contributed by atoms with E-state index in [1.54, 1.807) is 22.8 Å². The Kier molecular flexibility index (Phi) is 4.53. The summed E-state index contributed by atoms with van der Waals surface area (Å²) in [6, 6.07) is 10.8. The fourth-order valence-corrected chi connectivity index (χ4v) is 4.11. The zero-order valence-corrected chi connectivity index (χ0v) is 17.0. The van der Waals surface area contributed by atoms with Gasteiger partial charge in [-0.2, -0.15) is 0 Å². The van der Waals surface area contributed by atoms with Crippen molar-refractivity contribution in [1.82, 2.24) is 15.0 Å². The average molecular weight is 406 g/mol. The van der Waals surface area contributed by atoms with Crippen molar-refractivity contribution < 1.29 is 13.9 Å². The van der Waals surface area contributed by atoms with Gasteiger partial charge in [-0.1, -0.05) is 23.4 Å². The molecule has 1 saturated carbocycles. The van der Waals surface area contributed by atoms with Gasteiger partial charge in [-0.15, -0.1) is 5.10 Å². The number of hydrogen-bond donors (Lipinski definition) is 0. The molecule has 30 heavy (non-hydrogen) atoms. The van der Waals surface area contributed by atoms with Crippen LogP contribution in [0.2, 0.25) is 0 Å². The topological polar surface area (TPSA) is 60.2 Å². The highest BCUT2D eigenvalue weighted by molar-refractivity contribution is 5.99. The first kappa shape index (κ1) is 18.8. The molecule has 0 bridgehead atoms. The second-order valence-corrected chi connectivity index (χ2v) is 8.13. The summed E-state index contributed by atoms with van der Waals surface area (Å²) in [6.07, 6.45) is 4.86. The molecule has 0 N–H and O–H groups in total. The molecule has 1 aliphatic carbocycles. The van der Waals surface area contributed by atoms with Gasteiger partial charge >= 0.3 is 0 Å². The van der Waals surface area contributed by atoms with Crippen LogP contribution < -0.4 is 9.64 Å². The number of fused-ring (bicyclic) bond motifs is 1. The number of ether oxygens (including phenoxy) is 1. The summed E-state index contributed by atoms with van der Waals surface area (Å²) in [4.78, 5) is 14.7. The van der Waals surface area contributed by atoms with E-state index in [1.165, 1.54) is 6.07 Å². The molecule has 1 atom stereocenters. The number of para-hydroxylation sites is 1. The third kappa shape index (κ3) is 3.24. The molecule has 5 rings (SSSR count). The third-order valence-corrected chi connectivity index (χ3v) is 5.80. The number of aryl methyl sites for hydroxylation is 1. The molecule has 0 saturated heterocycles. The lowest BCUT2D eigenvalue weighted by Crippen LogP contribution is -2.43. The zero-order chi connectivity index (χ0) is 20.8. The minimum Gasteiger partial charge on any atom is -0.456 e. The predicted octanol–water partition coefficient (Wildman–Crippen LogP) is 4.49. The lowest BCUT2D eigenvalue weighted by Gasteiger charge is -2.37.